The van der Waals surface area contributed by atoms with Crippen LogP contribution in [-0.4, -0.2) is 46.2 Å². The normalized spacial score (nSPS) is 20.9. The van der Waals surface area contributed by atoms with E-state index in [1.165, 1.54) is 0 Å². The van der Waals surface area contributed by atoms with E-state index in [0.29, 0.717) is 23.1 Å². The number of amides is 1. The number of carbonyl (C=O) groups is 2. The Kier molecular flexibility index (Phi) is 5.19. The summed E-state index contributed by atoms with van der Waals surface area (Å²) in [5, 5.41) is 2.73. The maximum Gasteiger partial charge on any atom is 0.256 e. The fourth-order valence-electron chi connectivity index (χ4n) is 3.07. The maximum absolute atomic E-state index is 12.8. The highest BCUT2D eigenvalue weighted by Gasteiger charge is 2.29. The summed E-state index contributed by atoms with van der Waals surface area (Å²) in [4.78, 5) is 35.5. The number of hydrogen-bond acceptors (Lipinski definition) is 5. The summed E-state index contributed by atoms with van der Waals surface area (Å²) < 4.78 is 0. The molecule has 1 aliphatic heterocycles. The van der Waals surface area contributed by atoms with Crippen LogP contribution in [0.25, 0.3) is 0 Å². The van der Waals surface area contributed by atoms with Crippen LogP contribution in [0.2, 0.25) is 0 Å². The number of piperidine rings is 1. The van der Waals surface area contributed by atoms with E-state index in [4.69, 9.17) is 0 Å². The van der Waals surface area contributed by atoms with Gasteiger partial charge in [0.25, 0.3) is 5.91 Å². The van der Waals surface area contributed by atoms with E-state index in [1.54, 1.807) is 42.7 Å². The van der Waals surface area contributed by atoms with Crippen LogP contribution in [0.4, 0.5) is 5.82 Å². The lowest BCUT2D eigenvalue weighted by Crippen LogP contribution is -2.40. The largest absolute Gasteiger partial charge is 0.307 e. The molecule has 0 bridgehead atoms. The fraction of sp³-hybridized carbons (Fsp3) is 0.368. The zero-order chi connectivity index (χ0) is 17.8. The molecule has 0 unspecified atom stereocenters. The summed E-state index contributed by atoms with van der Waals surface area (Å²) in [5.74, 6) is 0.158. The molecule has 1 saturated heterocycles. The van der Waals surface area contributed by atoms with Crippen molar-refractivity contribution in [1.82, 2.24) is 14.9 Å². The molecular formula is C19H22N4O2. The monoisotopic (exact) mass is 338 g/mol. The third-order valence-electron chi connectivity index (χ3n) is 4.76. The number of nitrogens with one attached hydrogen (secondary N) is 1. The SMILES string of the molecule is C[C@H]1C[C@@H](C(=O)c2cccc(NC(=O)c3ccncc3)n2)CCN1C. The van der Waals surface area contributed by atoms with Gasteiger partial charge in [0, 0.05) is 29.9 Å². The average Bonchev–Trinajstić information content (AvgIpc) is 2.64. The van der Waals surface area contributed by atoms with E-state index in [2.05, 4.69) is 34.2 Å². The first kappa shape index (κ1) is 17.2. The molecule has 1 amide bonds. The maximum atomic E-state index is 12.8. The van der Waals surface area contributed by atoms with Crippen molar-refractivity contribution < 1.29 is 9.59 Å². The van der Waals surface area contributed by atoms with Gasteiger partial charge in [-0.15, -0.1) is 0 Å². The van der Waals surface area contributed by atoms with Gasteiger partial charge in [0.15, 0.2) is 5.78 Å². The minimum absolute atomic E-state index is 0.00940. The van der Waals surface area contributed by atoms with Crippen LogP contribution in [0.1, 0.15) is 40.6 Å². The van der Waals surface area contributed by atoms with Crippen LogP contribution >= 0.6 is 0 Å². The Bertz CT molecular complexity index is 763. The van der Waals surface area contributed by atoms with Crippen molar-refractivity contribution in [2.75, 3.05) is 18.9 Å². The van der Waals surface area contributed by atoms with Gasteiger partial charge in [-0.25, -0.2) is 4.98 Å². The van der Waals surface area contributed by atoms with Crippen molar-refractivity contribution in [3.8, 4) is 0 Å². The molecule has 2 aromatic rings. The van der Waals surface area contributed by atoms with Crippen molar-refractivity contribution in [2.45, 2.75) is 25.8 Å². The van der Waals surface area contributed by atoms with Crippen molar-refractivity contribution in [2.24, 2.45) is 5.92 Å². The van der Waals surface area contributed by atoms with Crippen molar-refractivity contribution in [3.05, 3.63) is 54.0 Å². The molecule has 1 fully saturated rings. The quantitative estimate of drug-likeness (QED) is 0.868. The summed E-state index contributed by atoms with van der Waals surface area (Å²) in [7, 11) is 2.08. The highest BCUT2D eigenvalue weighted by Crippen LogP contribution is 2.25. The Labute approximate surface area is 147 Å². The molecule has 130 valence electrons. The first-order valence-corrected chi connectivity index (χ1v) is 8.47. The number of ketones is 1. The number of carbonyl (C=O) groups excluding carboxylic acids is 2. The molecule has 0 saturated carbocycles. The molecule has 25 heavy (non-hydrogen) atoms. The predicted molar refractivity (Wildman–Crippen MR) is 95.6 cm³/mol. The molecule has 2 aromatic heterocycles. The molecule has 1 N–H and O–H groups in total. The number of rotatable bonds is 4. The summed E-state index contributed by atoms with van der Waals surface area (Å²) in [6.45, 7) is 3.05. The number of Topliss-reactive ketones (excluding diaryl/α,β-unsaturated/α-hetero) is 1. The van der Waals surface area contributed by atoms with Gasteiger partial charge in [-0.3, -0.25) is 14.6 Å². The predicted octanol–water partition coefficient (Wildman–Crippen LogP) is 2.64. The molecule has 3 rings (SSSR count). The molecular weight excluding hydrogens is 316 g/mol. The zero-order valence-electron chi connectivity index (χ0n) is 14.5. The minimum atomic E-state index is -0.271. The van der Waals surface area contributed by atoms with E-state index in [1.807, 2.05) is 0 Å². The summed E-state index contributed by atoms with van der Waals surface area (Å²) in [5.41, 5.74) is 0.909. The van der Waals surface area contributed by atoms with Gasteiger partial charge < -0.3 is 10.2 Å². The van der Waals surface area contributed by atoms with Crippen LogP contribution in [0.5, 0.6) is 0 Å². The Morgan fingerprint density at radius 3 is 2.68 bits per heavy atom. The van der Waals surface area contributed by atoms with Crippen molar-refractivity contribution >= 4 is 17.5 Å². The second-order valence-electron chi connectivity index (χ2n) is 6.51. The van der Waals surface area contributed by atoms with E-state index >= 15 is 0 Å². The minimum Gasteiger partial charge on any atom is -0.307 e. The molecule has 6 nitrogen and oxygen atoms in total. The smallest absolute Gasteiger partial charge is 0.256 e. The first-order chi connectivity index (χ1) is 12.0. The number of anilines is 1. The van der Waals surface area contributed by atoms with E-state index in [9.17, 15) is 9.59 Å². The Morgan fingerprint density at radius 1 is 1.20 bits per heavy atom. The highest BCUT2D eigenvalue weighted by atomic mass is 16.1. The zero-order valence-corrected chi connectivity index (χ0v) is 14.5. The lowest BCUT2D eigenvalue weighted by atomic mass is 9.87. The molecule has 2 atom stereocenters. The van der Waals surface area contributed by atoms with Gasteiger partial charge in [0.2, 0.25) is 0 Å². The standard InChI is InChI=1S/C19H22N4O2/c1-13-12-15(8-11-23(13)2)18(24)16-4-3-5-17(21-16)22-19(25)14-6-9-20-10-7-14/h3-7,9-10,13,15H,8,11-12H2,1-2H3,(H,21,22,25)/t13-,15-/m0/s1. The molecule has 3 heterocycles. The third kappa shape index (κ3) is 4.09. The molecule has 0 radical (unpaired) electrons. The third-order valence-corrected chi connectivity index (χ3v) is 4.76. The Balaban J connectivity index is 1.71. The number of nitrogens with zero attached hydrogens (tertiary/aromatic N) is 3. The first-order valence-electron chi connectivity index (χ1n) is 8.47. The number of hydrogen-bond donors (Lipinski definition) is 1. The lowest BCUT2D eigenvalue weighted by Gasteiger charge is -2.34. The number of aromatic nitrogens is 2. The van der Waals surface area contributed by atoms with Crippen LogP contribution in [0.15, 0.2) is 42.7 Å². The van der Waals surface area contributed by atoms with E-state index in [0.717, 1.165) is 19.4 Å². The van der Waals surface area contributed by atoms with Gasteiger partial charge in [0.1, 0.15) is 11.5 Å². The van der Waals surface area contributed by atoms with Gasteiger partial charge in [-0.05, 0) is 57.6 Å². The Morgan fingerprint density at radius 2 is 1.96 bits per heavy atom. The molecule has 0 aromatic carbocycles. The van der Waals surface area contributed by atoms with Crippen LogP contribution < -0.4 is 5.32 Å². The van der Waals surface area contributed by atoms with Crippen LogP contribution in [0, 0.1) is 5.92 Å². The van der Waals surface area contributed by atoms with Crippen molar-refractivity contribution in [1.29, 1.82) is 0 Å². The molecule has 6 heteroatoms. The molecule has 1 aliphatic rings. The van der Waals surface area contributed by atoms with Crippen LogP contribution in [0.3, 0.4) is 0 Å². The fourth-order valence-corrected chi connectivity index (χ4v) is 3.07. The average molecular weight is 338 g/mol. The molecule has 0 aliphatic carbocycles. The highest BCUT2D eigenvalue weighted by molar-refractivity contribution is 6.04. The molecule has 0 spiro atoms. The van der Waals surface area contributed by atoms with E-state index in [-0.39, 0.29) is 17.6 Å². The number of pyridine rings is 2. The summed E-state index contributed by atoms with van der Waals surface area (Å²) in [6.07, 6.45) is 4.80. The van der Waals surface area contributed by atoms with Gasteiger partial charge >= 0.3 is 0 Å². The van der Waals surface area contributed by atoms with E-state index < -0.39 is 0 Å². The van der Waals surface area contributed by atoms with Crippen LogP contribution in [-0.2, 0) is 0 Å². The summed E-state index contributed by atoms with van der Waals surface area (Å²) >= 11 is 0. The topological polar surface area (TPSA) is 75.2 Å². The van der Waals surface area contributed by atoms with Gasteiger partial charge in [-0.2, -0.15) is 0 Å². The van der Waals surface area contributed by atoms with Gasteiger partial charge in [-0.1, -0.05) is 6.07 Å². The lowest BCUT2D eigenvalue weighted by molar-refractivity contribution is 0.0795. The van der Waals surface area contributed by atoms with Crippen molar-refractivity contribution in [3.63, 3.8) is 0 Å². The van der Waals surface area contributed by atoms with Gasteiger partial charge in [0.05, 0.1) is 0 Å². The summed E-state index contributed by atoms with van der Waals surface area (Å²) in [6, 6.07) is 8.80. The Hall–Kier alpha value is -2.60. The number of likely N-dealkylation sites (tertiary alicyclic amines) is 1. The second-order valence-corrected chi connectivity index (χ2v) is 6.51. The second kappa shape index (κ2) is 7.53.